The molecule has 8 heteroatoms. The van der Waals surface area contributed by atoms with E-state index >= 15 is 0 Å². The molecule has 0 radical (unpaired) electrons. The van der Waals surface area contributed by atoms with E-state index in [4.69, 9.17) is 18.1 Å². The van der Waals surface area contributed by atoms with Crippen LogP contribution in [-0.4, -0.2) is 29.1 Å². The van der Waals surface area contributed by atoms with Gasteiger partial charge in [-0.05, 0) is 37.0 Å². The monoisotopic (exact) mass is 425 g/mol. The lowest BCUT2D eigenvalue weighted by atomic mass is 10.0. The van der Waals surface area contributed by atoms with Crippen LogP contribution >= 0.6 is 12.2 Å². The summed E-state index contributed by atoms with van der Waals surface area (Å²) in [6.45, 7) is 0.592. The molecule has 0 unspecified atom stereocenters. The standard InChI is InChI=1S/C22H27N5O2S/c23-25-22(30)27-26-19(16-20(28)18-10-5-2-6-11-18)12-7-13-21(29)24-15-14-17-8-3-1-4-9-17/h1-6,8-11H,7,12-16,23H2,(H,24,29)(H2,25,27,30)/b26-19+. The van der Waals surface area contributed by atoms with Gasteiger partial charge in [-0.3, -0.25) is 20.4 Å². The minimum atomic E-state index is -0.0462. The van der Waals surface area contributed by atoms with Crippen molar-refractivity contribution in [1.29, 1.82) is 0 Å². The number of carbonyl (C=O) groups excluding carboxylic acids is 2. The number of nitrogens with two attached hydrogens (primary N) is 1. The zero-order valence-corrected chi connectivity index (χ0v) is 17.6. The van der Waals surface area contributed by atoms with Crippen molar-refractivity contribution in [3.8, 4) is 0 Å². The van der Waals surface area contributed by atoms with Crippen LogP contribution in [0.1, 0.15) is 41.6 Å². The number of ketones is 1. The van der Waals surface area contributed by atoms with Crippen molar-refractivity contribution >= 4 is 34.7 Å². The zero-order chi connectivity index (χ0) is 21.6. The molecule has 30 heavy (non-hydrogen) atoms. The normalized spacial score (nSPS) is 10.9. The SMILES string of the molecule is NNC(=S)N/N=C(\CCCC(=O)NCCc1ccccc1)CC(=O)c1ccccc1. The first-order valence-electron chi connectivity index (χ1n) is 9.79. The quantitative estimate of drug-likeness (QED) is 0.145. The summed E-state index contributed by atoms with van der Waals surface area (Å²) in [5.74, 6) is 5.17. The predicted octanol–water partition coefficient (Wildman–Crippen LogP) is 2.48. The molecule has 0 spiro atoms. The molecule has 5 N–H and O–H groups in total. The average Bonchev–Trinajstić information content (AvgIpc) is 2.78. The van der Waals surface area contributed by atoms with Crippen molar-refractivity contribution in [3.63, 3.8) is 0 Å². The number of carbonyl (C=O) groups is 2. The van der Waals surface area contributed by atoms with E-state index < -0.39 is 0 Å². The number of hydrazine groups is 1. The van der Waals surface area contributed by atoms with Gasteiger partial charge >= 0.3 is 0 Å². The van der Waals surface area contributed by atoms with Crippen LogP contribution in [0, 0.1) is 0 Å². The van der Waals surface area contributed by atoms with Gasteiger partial charge in [-0.25, -0.2) is 5.84 Å². The molecule has 0 atom stereocenters. The van der Waals surface area contributed by atoms with Crippen LogP contribution in [-0.2, 0) is 11.2 Å². The number of hydrazone groups is 1. The third kappa shape index (κ3) is 8.93. The van der Waals surface area contributed by atoms with Crippen LogP contribution in [0.2, 0.25) is 0 Å². The summed E-state index contributed by atoms with van der Waals surface area (Å²) < 4.78 is 0. The van der Waals surface area contributed by atoms with Crippen LogP contribution in [0.3, 0.4) is 0 Å². The molecule has 158 valence electrons. The molecule has 2 aromatic carbocycles. The molecule has 0 aliphatic heterocycles. The van der Waals surface area contributed by atoms with E-state index in [2.05, 4.69) is 21.3 Å². The Morgan fingerprint density at radius 2 is 1.63 bits per heavy atom. The highest BCUT2D eigenvalue weighted by atomic mass is 32.1. The van der Waals surface area contributed by atoms with E-state index in [0.29, 0.717) is 37.1 Å². The van der Waals surface area contributed by atoms with Gasteiger partial charge in [0.05, 0.1) is 6.42 Å². The molecule has 0 saturated carbocycles. The van der Waals surface area contributed by atoms with Crippen LogP contribution in [0.4, 0.5) is 0 Å². The van der Waals surface area contributed by atoms with E-state index in [9.17, 15) is 9.59 Å². The zero-order valence-electron chi connectivity index (χ0n) is 16.8. The Morgan fingerprint density at radius 3 is 2.30 bits per heavy atom. The van der Waals surface area contributed by atoms with Gasteiger partial charge in [-0.1, -0.05) is 60.7 Å². The maximum atomic E-state index is 12.5. The Morgan fingerprint density at radius 1 is 0.967 bits per heavy atom. The van der Waals surface area contributed by atoms with Gasteiger partial charge in [-0.15, -0.1) is 0 Å². The van der Waals surface area contributed by atoms with Gasteiger partial charge in [0.1, 0.15) is 0 Å². The van der Waals surface area contributed by atoms with Gasteiger partial charge in [0.2, 0.25) is 11.0 Å². The number of benzene rings is 2. The predicted molar refractivity (Wildman–Crippen MR) is 123 cm³/mol. The lowest BCUT2D eigenvalue weighted by Crippen LogP contribution is -2.37. The molecule has 1 amide bonds. The van der Waals surface area contributed by atoms with Gasteiger partial charge in [0.15, 0.2) is 5.78 Å². The number of amides is 1. The fraction of sp³-hybridized carbons (Fsp3) is 0.273. The number of hydrogen-bond acceptors (Lipinski definition) is 5. The Hall–Kier alpha value is -3.10. The van der Waals surface area contributed by atoms with Crippen molar-refractivity contribution in [2.45, 2.75) is 32.1 Å². The third-order valence-corrected chi connectivity index (χ3v) is 4.56. The number of hydrogen-bond donors (Lipinski definition) is 4. The van der Waals surface area contributed by atoms with Gasteiger partial charge in [0.25, 0.3) is 0 Å². The minimum absolute atomic E-state index is 0.0215. The maximum Gasteiger partial charge on any atom is 0.220 e. The van der Waals surface area contributed by atoms with Crippen LogP contribution < -0.4 is 22.0 Å². The second-order valence-electron chi connectivity index (χ2n) is 6.67. The van der Waals surface area contributed by atoms with Crippen molar-refractivity contribution in [3.05, 3.63) is 71.8 Å². The molecule has 0 aliphatic rings. The van der Waals surface area contributed by atoms with Crippen LogP contribution in [0.15, 0.2) is 65.8 Å². The maximum absolute atomic E-state index is 12.5. The Balaban J connectivity index is 1.80. The molecule has 0 aromatic heterocycles. The Bertz CT molecular complexity index is 856. The molecule has 0 fully saturated rings. The number of nitrogens with zero attached hydrogens (tertiary/aromatic N) is 1. The van der Waals surface area contributed by atoms with E-state index in [1.165, 1.54) is 5.56 Å². The van der Waals surface area contributed by atoms with Crippen LogP contribution in [0.25, 0.3) is 0 Å². The first kappa shape index (κ1) is 23.2. The topological polar surface area (TPSA) is 109 Å². The van der Waals surface area contributed by atoms with Gasteiger partial charge in [-0.2, -0.15) is 5.10 Å². The number of Topliss-reactive ketones (excluding diaryl/α,β-unsaturated/α-hetero) is 1. The largest absolute Gasteiger partial charge is 0.356 e. The smallest absolute Gasteiger partial charge is 0.220 e. The molecule has 0 heterocycles. The summed E-state index contributed by atoms with van der Waals surface area (Å²) in [4.78, 5) is 24.6. The Labute approximate surface area is 182 Å². The van der Waals surface area contributed by atoms with Crippen molar-refractivity contribution < 1.29 is 9.59 Å². The number of nitrogens with one attached hydrogen (secondary N) is 3. The summed E-state index contributed by atoms with van der Waals surface area (Å²) in [5.41, 5.74) is 7.30. The molecule has 0 saturated heterocycles. The fourth-order valence-electron chi connectivity index (χ4n) is 2.79. The third-order valence-electron chi connectivity index (χ3n) is 4.35. The minimum Gasteiger partial charge on any atom is -0.356 e. The second-order valence-corrected chi connectivity index (χ2v) is 7.08. The van der Waals surface area contributed by atoms with Gasteiger partial charge in [0, 0.05) is 24.2 Å². The van der Waals surface area contributed by atoms with E-state index in [0.717, 1.165) is 6.42 Å². The van der Waals surface area contributed by atoms with Crippen molar-refractivity contribution in [2.24, 2.45) is 10.9 Å². The molecule has 0 aliphatic carbocycles. The summed E-state index contributed by atoms with van der Waals surface area (Å²) in [7, 11) is 0. The lowest BCUT2D eigenvalue weighted by molar-refractivity contribution is -0.121. The van der Waals surface area contributed by atoms with E-state index in [1.54, 1.807) is 12.1 Å². The Kier molecular flexibility index (Phi) is 10.2. The highest BCUT2D eigenvalue weighted by Crippen LogP contribution is 2.08. The number of rotatable bonds is 11. The molecule has 2 aromatic rings. The highest BCUT2D eigenvalue weighted by molar-refractivity contribution is 7.80. The van der Waals surface area contributed by atoms with Crippen molar-refractivity contribution in [2.75, 3.05) is 6.54 Å². The number of thiocarbonyl (C=S) groups is 1. The highest BCUT2D eigenvalue weighted by Gasteiger charge is 2.11. The molecule has 2 rings (SSSR count). The van der Waals surface area contributed by atoms with Crippen LogP contribution in [0.5, 0.6) is 0 Å². The summed E-state index contributed by atoms with van der Waals surface area (Å²) >= 11 is 4.92. The first-order valence-corrected chi connectivity index (χ1v) is 10.2. The van der Waals surface area contributed by atoms with E-state index in [1.807, 2.05) is 48.5 Å². The second kappa shape index (κ2) is 13.2. The van der Waals surface area contributed by atoms with Gasteiger partial charge < -0.3 is 5.32 Å². The summed E-state index contributed by atoms with van der Waals surface area (Å²) in [6.07, 6.45) is 2.35. The molecular formula is C22H27N5O2S. The molecular weight excluding hydrogens is 398 g/mol. The van der Waals surface area contributed by atoms with Crippen molar-refractivity contribution in [1.82, 2.24) is 16.2 Å². The first-order chi connectivity index (χ1) is 14.6. The average molecular weight is 426 g/mol. The fourth-order valence-corrected chi connectivity index (χ4v) is 2.84. The van der Waals surface area contributed by atoms with E-state index in [-0.39, 0.29) is 23.2 Å². The molecule has 7 nitrogen and oxygen atoms in total. The lowest BCUT2D eigenvalue weighted by Gasteiger charge is -2.09. The summed E-state index contributed by atoms with van der Waals surface area (Å²) in [5, 5.41) is 7.26. The molecule has 0 bridgehead atoms. The summed E-state index contributed by atoms with van der Waals surface area (Å²) in [6, 6.07) is 19.0.